The average molecular weight is 239 g/mol. The van der Waals surface area contributed by atoms with Gasteiger partial charge in [0.1, 0.15) is 5.75 Å². The number of ether oxygens (including phenoxy) is 1. The van der Waals surface area contributed by atoms with Crippen LogP contribution in [0.4, 0.5) is 0 Å². The molecule has 0 aliphatic rings. The molecular weight excluding hydrogens is 226 g/mol. The van der Waals surface area contributed by atoms with Crippen LogP contribution in [0.5, 0.6) is 5.75 Å². The summed E-state index contributed by atoms with van der Waals surface area (Å²) < 4.78 is 5.84. The SMILES string of the molecule is CC.COc1ccc2nc(C(=O)O)sc2c1. The van der Waals surface area contributed by atoms with Crippen molar-refractivity contribution < 1.29 is 14.6 Å². The molecule has 0 atom stereocenters. The lowest BCUT2D eigenvalue weighted by molar-refractivity contribution is 0.0696. The standard InChI is InChI=1S/C9H7NO3S.C2H6/c1-13-5-2-3-6-7(4-5)14-8(10-6)9(11)12;1-2/h2-4H,1H3,(H,11,12);1-2H3. The van der Waals surface area contributed by atoms with E-state index in [4.69, 9.17) is 9.84 Å². The highest BCUT2D eigenvalue weighted by Gasteiger charge is 2.10. The highest BCUT2D eigenvalue weighted by molar-refractivity contribution is 7.20. The van der Waals surface area contributed by atoms with Crippen molar-refractivity contribution in [3.63, 3.8) is 0 Å². The molecule has 0 aliphatic heterocycles. The van der Waals surface area contributed by atoms with Gasteiger partial charge in [-0.3, -0.25) is 0 Å². The van der Waals surface area contributed by atoms with Crippen molar-refractivity contribution in [2.45, 2.75) is 13.8 Å². The molecule has 2 rings (SSSR count). The highest BCUT2D eigenvalue weighted by atomic mass is 32.1. The molecule has 4 nitrogen and oxygen atoms in total. The monoisotopic (exact) mass is 239 g/mol. The summed E-state index contributed by atoms with van der Waals surface area (Å²) in [5, 5.41) is 8.83. The predicted molar refractivity (Wildman–Crippen MR) is 64.5 cm³/mol. The third-order valence-electron chi connectivity index (χ3n) is 1.78. The van der Waals surface area contributed by atoms with Gasteiger partial charge in [0, 0.05) is 0 Å². The van der Waals surface area contributed by atoms with Gasteiger partial charge in [-0.2, -0.15) is 0 Å². The summed E-state index contributed by atoms with van der Waals surface area (Å²) >= 11 is 1.14. The molecule has 16 heavy (non-hydrogen) atoms. The summed E-state index contributed by atoms with van der Waals surface area (Å²) in [5.41, 5.74) is 0.688. The van der Waals surface area contributed by atoms with Crippen LogP contribution in [0.15, 0.2) is 18.2 Å². The predicted octanol–water partition coefficient (Wildman–Crippen LogP) is 3.03. The first-order chi connectivity index (χ1) is 7.70. The number of hydrogen-bond acceptors (Lipinski definition) is 4. The van der Waals surface area contributed by atoms with E-state index >= 15 is 0 Å². The largest absolute Gasteiger partial charge is 0.497 e. The van der Waals surface area contributed by atoms with E-state index in [2.05, 4.69) is 4.98 Å². The fraction of sp³-hybridized carbons (Fsp3) is 0.273. The first-order valence-corrected chi connectivity index (χ1v) is 5.70. The Labute approximate surface area is 97.5 Å². The number of carboxylic acids is 1. The van der Waals surface area contributed by atoms with Crippen LogP contribution in [0.2, 0.25) is 0 Å². The third-order valence-corrected chi connectivity index (χ3v) is 2.78. The maximum Gasteiger partial charge on any atom is 0.365 e. The topological polar surface area (TPSA) is 59.4 Å². The first kappa shape index (κ1) is 12.4. The Hall–Kier alpha value is -1.62. The van der Waals surface area contributed by atoms with Crippen LogP contribution in [0.1, 0.15) is 23.6 Å². The fourth-order valence-corrected chi connectivity index (χ4v) is 1.96. The second-order valence-electron chi connectivity index (χ2n) is 2.66. The minimum Gasteiger partial charge on any atom is -0.497 e. The number of fused-ring (bicyclic) bond motifs is 1. The van der Waals surface area contributed by atoms with Crippen molar-refractivity contribution in [1.82, 2.24) is 4.98 Å². The Morgan fingerprint density at radius 2 is 2.12 bits per heavy atom. The molecule has 5 heteroatoms. The Morgan fingerprint density at radius 3 is 2.69 bits per heavy atom. The van der Waals surface area contributed by atoms with E-state index in [-0.39, 0.29) is 5.01 Å². The summed E-state index contributed by atoms with van der Waals surface area (Å²) in [6, 6.07) is 5.28. The lowest BCUT2D eigenvalue weighted by Crippen LogP contribution is -1.93. The molecule has 0 amide bonds. The van der Waals surface area contributed by atoms with Gasteiger partial charge in [0.25, 0.3) is 0 Å². The maximum absolute atomic E-state index is 10.6. The van der Waals surface area contributed by atoms with Gasteiger partial charge >= 0.3 is 5.97 Å². The quantitative estimate of drug-likeness (QED) is 0.875. The number of aromatic nitrogens is 1. The van der Waals surface area contributed by atoms with E-state index < -0.39 is 5.97 Å². The van der Waals surface area contributed by atoms with E-state index in [1.165, 1.54) is 0 Å². The number of methoxy groups -OCH3 is 1. The number of hydrogen-bond donors (Lipinski definition) is 1. The number of thiazole rings is 1. The van der Waals surface area contributed by atoms with Crippen molar-refractivity contribution in [2.24, 2.45) is 0 Å². The van der Waals surface area contributed by atoms with Gasteiger partial charge in [-0.05, 0) is 18.2 Å². The van der Waals surface area contributed by atoms with E-state index in [0.717, 1.165) is 16.0 Å². The van der Waals surface area contributed by atoms with Gasteiger partial charge in [0.05, 0.1) is 17.3 Å². The Kier molecular flexibility index (Phi) is 4.25. The zero-order chi connectivity index (χ0) is 12.1. The van der Waals surface area contributed by atoms with Crippen molar-refractivity contribution in [3.8, 4) is 5.75 Å². The summed E-state index contributed by atoms with van der Waals surface area (Å²) in [7, 11) is 1.57. The van der Waals surface area contributed by atoms with Crippen LogP contribution >= 0.6 is 11.3 Å². The molecule has 1 N–H and O–H groups in total. The van der Waals surface area contributed by atoms with Gasteiger partial charge in [-0.15, -0.1) is 11.3 Å². The van der Waals surface area contributed by atoms with Gasteiger partial charge in [-0.1, -0.05) is 13.8 Å². The number of nitrogens with zero attached hydrogens (tertiary/aromatic N) is 1. The minimum atomic E-state index is -0.995. The van der Waals surface area contributed by atoms with Crippen molar-refractivity contribution in [1.29, 1.82) is 0 Å². The van der Waals surface area contributed by atoms with Gasteiger partial charge in [0.2, 0.25) is 5.01 Å². The molecular formula is C11H13NO3S. The lowest BCUT2D eigenvalue weighted by Gasteiger charge is -1.96. The summed E-state index contributed by atoms with van der Waals surface area (Å²) in [6.45, 7) is 4.00. The number of carbonyl (C=O) groups is 1. The molecule has 0 saturated carbocycles. The first-order valence-electron chi connectivity index (χ1n) is 4.88. The van der Waals surface area contributed by atoms with Crippen LogP contribution in [-0.4, -0.2) is 23.2 Å². The third kappa shape index (κ3) is 2.49. The van der Waals surface area contributed by atoms with Crippen molar-refractivity contribution >= 4 is 27.5 Å². The maximum atomic E-state index is 10.6. The minimum absolute atomic E-state index is 0.105. The van der Waals surface area contributed by atoms with Crippen molar-refractivity contribution in [2.75, 3.05) is 7.11 Å². The number of benzene rings is 1. The molecule has 2 aromatic rings. The van der Waals surface area contributed by atoms with Crippen LogP contribution < -0.4 is 4.74 Å². The van der Waals surface area contributed by atoms with E-state index in [0.29, 0.717) is 11.3 Å². The zero-order valence-corrected chi connectivity index (χ0v) is 10.2. The fourth-order valence-electron chi connectivity index (χ4n) is 1.12. The number of carboxylic acid groups (broad SMARTS) is 1. The second-order valence-corrected chi connectivity index (χ2v) is 3.69. The molecule has 0 spiro atoms. The van der Waals surface area contributed by atoms with Crippen LogP contribution in [0, 0.1) is 0 Å². The molecule has 1 aromatic heterocycles. The molecule has 0 bridgehead atoms. The molecule has 0 saturated heterocycles. The smallest absolute Gasteiger partial charge is 0.365 e. The molecule has 0 radical (unpaired) electrons. The molecule has 0 fully saturated rings. The van der Waals surface area contributed by atoms with E-state index in [1.54, 1.807) is 25.3 Å². The molecule has 86 valence electrons. The van der Waals surface area contributed by atoms with Gasteiger partial charge in [0.15, 0.2) is 0 Å². The summed E-state index contributed by atoms with van der Waals surface area (Å²) in [5.74, 6) is -0.289. The summed E-state index contributed by atoms with van der Waals surface area (Å²) in [6.07, 6.45) is 0. The van der Waals surface area contributed by atoms with Crippen LogP contribution in [0.3, 0.4) is 0 Å². The second kappa shape index (κ2) is 5.46. The molecule has 0 aliphatic carbocycles. The molecule has 1 heterocycles. The van der Waals surface area contributed by atoms with Gasteiger partial charge < -0.3 is 9.84 Å². The highest BCUT2D eigenvalue weighted by Crippen LogP contribution is 2.26. The van der Waals surface area contributed by atoms with Gasteiger partial charge in [-0.25, -0.2) is 9.78 Å². The molecule has 1 aromatic carbocycles. The lowest BCUT2D eigenvalue weighted by atomic mass is 10.3. The Bertz CT molecular complexity index is 493. The molecule has 0 unspecified atom stereocenters. The van der Waals surface area contributed by atoms with Crippen LogP contribution in [0.25, 0.3) is 10.2 Å². The average Bonchev–Trinajstić information content (AvgIpc) is 2.74. The van der Waals surface area contributed by atoms with Crippen molar-refractivity contribution in [3.05, 3.63) is 23.2 Å². The Morgan fingerprint density at radius 1 is 1.44 bits per heavy atom. The van der Waals surface area contributed by atoms with E-state index in [1.807, 2.05) is 13.8 Å². The zero-order valence-electron chi connectivity index (χ0n) is 9.35. The normalized spacial score (nSPS) is 9.44. The number of rotatable bonds is 2. The van der Waals surface area contributed by atoms with Crippen LogP contribution in [-0.2, 0) is 0 Å². The summed E-state index contributed by atoms with van der Waals surface area (Å²) in [4.78, 5) is 14.6. The van der Waals surface area contributed by atoms with E-state index in [9.17, 15) is 4.79 Å². The number of aromatic carboxylic acids is 1. The Balaban J connectivity index is 0.000000606.